The van der Waals surface area contributed by atoms with E-state index in [1.807, 2.05) is 0 Å². The molecule has 2 bridgehead atoms. The molecule has 0 spiro atoms. The molecule has 3 atom stereocenters. The van der Waals surface area contributed by atoms with Crippen molar-refractivity contribution >= 4 is 13.8 Å². The highest BCUT2D eigenvalue weighted by Gasteiger charge is 2.52. The van der Waals surface area contributed by atoms with Crippen LogP contribution in [-0.4, -0.2) is 18.6 Å². The summed E-state index contributed by atoms with van der Waals surface area (Å²) in [5, 5.41) is 0. The van der Waals surface area contributed by atoms with E-state index in [1.165, 1.54) is 12.8 Å². The van der Waals surface area contributed by atoms with Gasteiger partial charge in [0.1, 0.15) is 0 Å². The van der Waals surface area contributed by atoms with Gasteiger partial charge in [-0.1, -0.05) is 19.6 Å². The molecule has 2 rings (SSSR count). The molecular weight excluding hydrogens is 176 g/mol. The van der Waals surface area contributed by atoms with Crippen LogP contribution in [-0.2, 0) is 0 Å². The number of nitrogens with zero attached hydrogens (tertiary/aromatic N) is 2. The molecule has 0 heterocycles. The minimum Gasteiger partial charge on any atom is -0.362 e. The van der Waals surface area contributed by atoms with Gasteiger partial charge in [0.05, 0.1) is 5.92 Å². The van der Waals surface area contributed by atoms with Crippen LogP contribution in [0.4, 0.5) is 0 Å². The maximum atomic E-state index is 8.88. The number of hydrogen-bond acceptors (Lipinski definition) is 0. The predicted molar refractivity (Wildman–Crippen MR) is 56.6 cm³/mol. The number of hydrogen-bond donors (Lipinski definition) is 0. The summed E-state index contributed by atoms with van der Waals surface area (Å²) < 4.78 is 0. The molecule has 2 nitrogen and oxygen atoms in total. The van der Waals surface area contributed by atoms with Gasteiger partial charge in [-0.25, -0.2) is 0 Å². The first-order chi connectivity index (χ1) is 6.02. The maximum Gasteiger partial charge on any atom is 0.272 e. The molecule has 0 aromatic heterocycles. The third-order valence-corrected chi connectivity index (χ3v) is 6.69. The molecule has 13 heavy (non-hydrogen) atoms. The maximum absolute atomic E-state index is 8.88. The van der Waals surface area contributed by atoms with Crippen molar-refractivity contribution in [1.29, 1.82) is 0 Å². The average molecular weight is 194 g/mol. The van der Waals surface area contributed by atoms with Crippen LogP contribution in [0.2, 0.25) is 25.2 Å². The molecule has 3 heteroatoms. The summed E-state index contributed by atoms with van der Waals surface area (Å²) in [6.07, 6.45) is 3.77. The topological polar surface area (TPSA) is 36.4 Å². The fourth-order valence-electron chi connectivity index (χ4n) is 3.20. The molecular formula is C10H18N2Si. The van der Waals surface area contributed by atoms with Crippen molar-refractivity contribution in [2.45, 2.75) is 44.4 Å². The molecule has 2 saturated carbocycles. The minimum absolute atomic E-state index is 0.640. The Morgan fingerprint density at radius 2 is 2.00 bits per heavy atom. The first-order valence-electron chi connectivity index (χ1n) is 5.23. The Morgan fingerprint density at radius 1 is 1.31 bits per heavy atom. The highest BCUT2D eigenvalue weighted by molar-refractivity contribution is 6.77. The smallest absolute Gasteiger partial charge is 0.272 e. The van der Waals surface area contributed by atoms with Crippen molar-refractivity contribution in [2.75, 3.05) is 0 Å². The van der Waals surface area contributed by atoms with E-state index < -0.39 is 8.07 Å². The van der Waals surface area contributed by atoms with Crippen molar-refractivity contribution in [1.82, 2.24) is 0 Å². The van der Waals surface area contributed by atoms with E-state index in [0.29, 0.717) is 5.92 Å². The summed E-state index contributed by atoms with van der Waals surface area (Å²) in [6.45, 7) is 7.31. The summed E-state index contributed by atoms with van der Waals surface area (Å²) in [5.74, 6) is 1.48. The first kappa shape index (κ1) is 9.16. The van der Waals surface area contributed by atoms with E-state index in [1.54, 1.807) is 0 Å². The zero-order valence-electron chi connectivity index (χ0n) is 8.75. The number of fused-ring (bicyclic) bond motifs is 2. The summed E-state index contributed by atoms with van der Waals surface area (Å²) >= 11 is 0. The van der Waals surface area contributed by atoms with E-state index in [-0.39, 0.29) is 0 Å². The van der Waals surface area contributed by atoms with Crippen LogP contribution in [0.3, 0.4) is 0 Å². The van der Waals surface area contributed by atoms with Crippen molar-refractivity contribution in [3.05, 3.63) is 5.53 Å². The van der Waals surface area contributed by atoms with Crippen LogP contribution >= 0.6 is 0 Å². The van der Waals surface area contributed by atoms with Crippen LogP contribution in [0.15, 0.2) is 0 Å². The van der Waals surface area contributed by atoms with E-state index in [9.17, 15) is 0 Å². The zero-order valence-corrected chi connectivity index (χ0v) is 9.75. The molecule has 0 N–H and O–H groups in total. The Balaban J connectivity index is 2.24. The predicted octanol–water partition coefficient (Wildman–Crippen LogP) is 2.80. The van der Waals surface area contributed by atoms with Gasteiger partial charge < -0.3 is 5.53 Å². The zero-order chi connectivity index (χ0) is 9.64. The van der Waals surface area contributed by atoms with Gasteiger partial charge in [0.25, 0.3) is 5.71 Å². The Hall–Kier alpha value is -0.403. The SMILES string of the molecule is C[Si](C)(C)[C@@H]1C[C@@H]2CC(=[N+]=[N-])[C@H]1C2. The van der Waals surface area contributed by atoms with Crippen LogP contribution in [0, 0.1) is 11.8 Å². The molecule has 0 radical (unpaired) electrons. The largest absolute Gasteiger partial charge is 0.362 e. The van der Waals surface area contributed by atoms with Gasteiger partial charge in [-0.2, -0.15) is 4.79 Å². The fourth-order valence-corrected chi connectivity index (χ4v) is 5.77. The normalized spacial score (nSPS) is 38.1. The van der Waals surface area contributed by atoms with Gasteiger partial charge in [-0.15, -0.1) is 0 Å². The Morgan fingerprint density at radius 3 is 2.46 bits per heavy atom. The molecule has 72 valence electrons. The van der Waals surface area contributed by atoms with Crippen LogP contribution < -0.4 is 0 Å². The summed E-state index contributed by atoms with van der Waals surface area (Å²) in [7, 11) is -1.03. The third-order valence-electron chi connectivity index (χ3n) is 3.83. The van der Waals surface area contributed by atoms with Gasteiger partial charge in [-0.3, -0.25) is 0 Å². The second-order valence-electron chi connectivity index (χ2n) is 5.71. The molecule has 2 fully saturated rings. The second-order valence-corrected chi connectivity index (χ2v) is 11.2. The van der Waals surface area contributed by atoms with Crippen molar-refractivity contribution in [2.24, 2.45) is 11.8 Å². The lowest BCUT2D eigenvalue weighted by Crippen LogP contribution is -2.35. The van der Waals surface area contributed by atoms with Crippen LogP contribution in [0.1, 0.15) is 19.3 Å². The lowest BCUT2D eigenvalue weighted by Gasteiger charge is -2.30. The molecule has 2 aliphatic carbocycles. The molecule has 0 aliphatic heterocycles. The average Bonchev–Trinajstić information content (AvgIpc) is 2.59. The van der Waals surface area contributed by atoms with Gasteiger partial charge in [0.15, 0.2) is 0 Å². The van der Waals surface area contributed by atoms with Crippen molar-refractivity contribution in [3.63, 3.8) is 0 Å². The molecule has 0 unspecified atom stereocenters. The summed E-state index contributed by atoms with van der Waals surface area (Å²) in [5.41, 5.74) is 10.8. The Kier molecular flexibility index (Phi) is 1.97. The molecule has 0 aromatic carbocycles. The van der Waals surface area contributed by atoms with E-state index in [4.69, 9.17) is 5.53 Å². The van der Waals surface area contributed by atoms with E-state index in [2.05, 4.69) is 24.4 Å². The van der Waals surface area contributed by atoms with Crippen molar-refractivity contribution < 1.29 is 4.79 Å². The van der Waals surface area contributed by atoms with Crippen LogP contribution in [0.5, 0.6) is 0 Å². The highest BCUT2D eigenvalue weighted by Crippen LogP contribution is 2.53. The molecule has 0 aromatic rings. The number of rotatable bonds is 1. The van der Waals surface area contributed by atoms with Gasteiger partial charge >= 0.3 is 0 Å². The monoisotopic (exact) mass is 194 g/mol. The second kappa shape index (κ2) is 2.79. The van der Waals surface area contributed by atoms with E-state index in [0.717, 1.165) is 23.6 Å². The van der Waals surface area contributed by atoms with Crippen molar-refractivity contribution in [3.8, 4) is 0 Å². The summed E-state index contributed by atoms with van der Waals surface area (Å²) in [4.78, 5) is 3.47. The highest BCUT2D eigenvalue weighted by atomic mass is 28.3. The fraction of sp³-hybridized carbons (Fsp3) is 0.900. The quantitative estimate of drug-likeness (QED) is 0.350. The van der Waals surface area contributed by atoms with Crippen LogP contribution in [0.25, 0.3) is 5.53 Å². The lowest BCUT2D eigenvalue weighted by molar-refractivity contribution is -0.0148. The first-order valence-corrected chi connectivity index (χ1v) is 8.81. The van der Waals surface area contributed by atoms with E-state index >= 15 is 0 Å². The minimum atomic E-state index is -1.03. The molecule has 0 amide bonds. The molecule has 2 aliphatic rings. The standard InChI is InChI=1S/C10H18N2Si/c1-13(2,3)10-6-7-4-8(10)9(5-7)12-11/h7-8,10H,4-6H2,1-3H3/t7-,8+,10+/m0/s1. The Bertz CT molecular complexity index is 273. The lowest BCUT2D eigenvalue weighted by atomic mass is 9.98. The van der Waals surface area contributed by atoms with Gasteiger partial charge in [0.2, 0.25) is 0 Å². The summed E-state index contributed by atoms with van der Waals surface area (Å²) in [6, 6.07) is 0. The molecule has 0 saturated heterocycles. The third kappa shape index (κ3) is 1.40. The Labute approximate surface area is 81.0 Å². The van der Waals surface area contributed by atoms with Gasteiger partial charge in [-0.05, 0) is 24.3 Å². The van der Waals surface area contributed by atoms with Gasteiger partial charge in [0, 0.05) is 14.5 Å².